The second kappa shape index (κ2) is 4.14. The summed E-state index contributed by atoms with van der Waals surface area (Å²) in [4.78, 5) is 0. The molecular formula is C13H18O. The molecule has 0 heterocycles. The molecule has 1 heteroatoms. The molecule has 1 nitrogen and oxygen atoms in total. The third kappa shape index (κ3) is 1.98. The van der Waals surface area contributed by atoms with Crippen LogP contribution in [0.5, 0.6) is 0 Å². The molecule has 1 saturated carbocycles. The molecule has 1 fully saturated rings. The van der Waals surface area contributed by atoms with Crippen molar-refractivity contribution in [1.82, 2.24) is 0 Å². The molecule has 0 amide bonds. The molecule has 14 heavy (non-hydrogen) atoms. The van der Waals surface area contributed by atoms with Crippen molar-refractivity contribution in [2.75, 3.05) is 6.61 Å². The van der Waals surface area contributed by atoms with E-state index in [-0.39, 0.29) is 0 Å². The summed E-state index contributed by atoms with van der Waals surface area (Å²) in [6.45, 7) is 5.09. The van der Waals surface area contributed by atoms with E-state index in [2.05, 4.69) is 44.2 Å². The topological polar surface area (TPSA) is 9.23 Å². The third-order valence-corrected chi connectivity index (χ3v) is 3.10. The van der Waals surface area contributed by atoms with E-state index in [1.54, 1.807) is 0 Å². The van der Waals surface area contributed by atoms with Gasteiger partial charge in [-0.3, -0.25) is 0 Å². The zero-order chi connectivity index (χ0) is 9.97. The molecule has 0 spiro atoms. The highest BCUT2D eigenvalue weighted by atomic mass is 16.5. The van der Waals surface area contributed by atoms with Crippen molar-refractivity contribution < 1.29 is 4.74 Å². The molecule has 0 unspecified atom stereocenters. The lowest BCUT2D eigenvalue weighted by molar-refractivity contribution is 0.0594. The molecule has 76 valence electrons. The normalized spacial score (nSPS) is 27.3. The quantitative estimate of drug-likeness (QED) is 0.708. The Kier molecular flexibility index (Phi) is 2.87. The first-order valence-electron chi connectivity index (χ1n) is 5.49. The Balaban J connectivity index is 1.93. The highest BCUT2D eigenvalue weighted by Crippen LogP contribution is 2.50. The summed E-state index contributed by atoms with van der Waals surface area (Å²) in [5.74, 6) is 1.50. The van der Waals surface area contributed by atoms with Gasteiger partial charge in [-0.25, -0.2) is 0 Å². The van der Waals surface area contributed by atoms with E-state index in [1.165, 1.54) is 12.0 Å². The predicted octanol–water partition coefficient (Wildman–Crippen LogP) is 3.22. The van der Waals surface area contributed by atoms with Gasteiger partial charge in [0.2, 0.25) is 0 Å². The Hall–Kier alpha value is -0.820. The fourth-order valence-corrected chi connectivity index (χ4v) is 2.20. The van der Waals surface area contributed by atoms with E-state index in [9.17, 15) is 0 Å². The molecule has 0 N–H and O–H groups in total. The molecule has 0 aromatic heterocycles. The maximum Gasteiger partial charge on any atom is 0.0581 e. The third-order valence-electron chi connectivity index (χ3n) is 3.10. The van der Waals surface area contributed by atoms with E-state index in [0.29, 0.717) is 6.10 Å². The zero-order valence-corrected chi connectivity index (χ0v) is 8.94. The lowest BCUT2D eigenvalue weighted by atomic mass is 10.1. The van der Waals surface area contributed by atoms with Gasteiger partial charge in [0.05, 0.1) is 6.10 Å². The summed E-state index contributed by atoms with van der Waals surface area (Å²) >= 11 is 0. The van der Waals surface area contributed by atoms with Gasteiger partial charge in [0.25, 0.3) is 0 Å². The summed E-state index contributed by atoms with van der Waals surface area (Å²) in [5.41, 5.74) is 1.48. The van der Waals surface area contributed by atoms with E-state index in [4.69, 9.17) is 4.74 Å². The van der Waals surface area contributed by atoms with Crippen LogP contribution in [0.4, 0.5) is 0 Å². The summed E-state index contributed by atoms with van der Waals surface area (Å²) in [7, 11) is 0. The highest BCUT2D eigenvalue weighted by Gasteiger charge is 2.42. The van der Waals surface area contributed by atoms with Crippen LogP contribution in [0.3, 0.4) is 0 Å². The summed E-state index contributed by atoms with van der Waals surface area (Å²) in [6, 6.07) is 10.8. The Morgan fingerprint density at radius 1 is 1.36 bits per heavy atom. The number of ether oxygens (including phenoxy) is 1. The van der Waals surface area contributed by atoms with E-state index >= 15 is 0 Å². The molecule has 0 aliphatic heterocycles. The van der Waals surface area contributed by atoms with Gasteiger partial charge in [0.15, 0.2) is 0 Å². The Morgan fingerprint density at radius 2 is 2.07 bits per heavy atom. The van der Waals surface area contributed by atoms with Crippen LogP contribution in [0.25, 0.3) is 0 Å². The van der Waals surface area contributed by atoms with E-state index in [0.717, 1.165) is 18.4 Å². The first kappa shape index (κ1) is 9.72. The van der Waals surface area contributed by atoms with Crippen LogP contribution in [0.15, 0.2) is 30.3 Å². The van der Waals surface area contributed by atoms with Gasteiger partial charge in [0, 0.05) is 6.61 Å². The van der Waals surface area contributed by atoms with Gasteiger partial charge >= 0.3 is 0 Å². The number of rotatable bonds is 4. The van der Waals surface area contributed by atoms with Gasteiger partial charge in [0.1, 0.15) is 0 Å². The average molecular weight is 190 g/mol. The van der Waals surface area contributed by atoms with Gasteiger partial charge in [-0.05, 0) is 37.7 Å². The van der Waals surface area contributed by atoms with E-state index in [1.807, 2.05) is 0 Å². The molecule has 1 aromatic rings. The molecule has 1 aromatic carbocycles. The standard InChI is InChI=1S/C13H18O/c1-3-14-10(2)12-9-13(12)11-7-5-4-6-8-11/h4-8,10,12-13H,3,9H2,1-2H3/t10-,12-,13-/m1/s1. The first-order valence-corrected chi connectivity index (χ1v) is 5.49. The van der Waals surface area contributed by atoms with Gasteiger partial charge in [-0.15, -0.1) is 0 Å². The Labute approximate surface area is 86.1 Å². The molecule has 1 aliphatic carbocycles. The zero-order valence-electron chi connectivity index (χ0n) is 8.94. The molecule has 0 saturated heterocycles. The van der Waals surface area contributed by atoms with Crippen LogP contribution in [0, 0.1) is 5.92 Å². The molecule has 0 radical (unpaired) electrons. The van der Waals surface area contributed by atoms with Crippen LogP contribution < -0.4 is 0 Å². The molecule has 0 bridgehead atoms. The van der Waals surface area contributed by atoms with Crippen molar-refractivity contribution >= 4 is 0 Å². The highest BCUT2D eigenvalue weighted by molar-refractivity contribution is 5.26. The minimum Gasteiger partial charge on any atom is -0.378 e. The predicted molar refractivity (Wildman–Crippen MR) is 58.4 cm³/mol. The fourth-order valence-electron chi connectivity index (χ4n) is 2.20. The van der Waals surface area contributed by atoms with Crippen LogP contribution in [-0.2, 0) is 4.74 Å². The van der Waals surface area contributed by atoms with Crippen LogP contribution >= 0.6 is 0 Å². The number of benzene rings is 1. The average Bonchev–Trinajstić information content (AvgIpc) is 2.99. The lowest BCUT2D eigenvalue weighted by Gasteiger charge is -2.10. The van der Waals surface area contributed by atoms with Crippen molar-refractivity contribution in [2.45, 2.75) is 32.3 Å². The van der Waals surface area contributed by atoms with Gasteiger partial charge in [-0.2, -0.15) is 0 Å². The van der Waals surface area contributed by atoms with Crippen molar-refractivity contribution in [1.29, 1.82) is 0 Å². The summed E-state index contributed by atoms with van der Waals surface area (Å²) in [6.07, 6.45) is 1.72. The SMILES string of the molecule is CCO[C@H](C)[C@H]1C[C@@H]1c1ccccc1. The van der Waals surface area contributed by atoms with Crippen LogP contribution in [-0.4, -0.2) is 12.7 Å². The van der Waals surface area contributed by atoms with Gasteiger partial charge < -0.3 is 4.74 Å². The molecular weight excluding hydrogens is 172 g/mol. The molecule has 2 rings (SSSR count). The number of hydrogen-bond acceptors (Lipinski definition) is 1. The number of hydrogen-bond donors (Lipinski definition) is 0. The van der Waals surface area contributed by atoms with Crippen molar-refractivity contribution in [3.8, 4) is 0 Å². The van der Waals surface area contributed by atoms with Crippen LogP contribution in [0.2, 0.25) is 0 Å². The monoisotopic (exact) mass is 190 g/mol. The summed E-state index contributed by atoms with van der Waals surface area (Å²) < 4.78 is 5.62. The van der Waals surface area contributed by atoms with Crippen LogP contribution in [0.1, 0.15) is 31.7 Å². The Bertz CT molecular complexity index is 281. The smallest absolute Gasteiger partial charge is 0.0581 e. The minimum absolute atomic E-state index is 0.421. The maximum atomic E-state index is 5.62. The maximum absolute atomic E-state index is 5.62. The lowest BCUT2D eigenvalue weighted by Crippen LogP contribution is -2.11. The summed E-state index contributed by atoms with van der Waals surface area (Å²) in [5, 5.41) is 0. The molecule has 1 aliphatic rings. The largest absolute Gasteiger partial charge is 0.378 e. The van der Waals surface area contributed by atoms with E-state index < -0.39 is 0 Å². The second-order valence-corrected chi connectivity index (χ2v) is 4.08. The van der Waals surface area contributed by atoms with Gasteiger partial charge in [-0.1, -0.05) is 30.3 Å². The minimum atomic E-state index is 0.421. The van der Waals surface area contributed by atoms with Crippen molar-refractivity contribution in [3.05, 3.63) is 35.9 Å². The Morgan fingerprint density at radius 3 is 2.71 bits per heavy atom. The van der Waals surface area contributed by atoms with Crippen molar-refractivity contribution in [3.63, 3.8) is 0 Å². The second-order valence-electron chi connectivity index (χ2n) is 4.08. The fraction of sp³-hybridized carbons (Fsp3) is 0.538. The van der Waals surface area contributed by atoms with Crippen molar-refractivity contribution in [2.24, 2.45) is 5.92 Å². The first-order chi connectivity index (χ1) is 6.83. The molecule has 3 atom stereocenters.